The summed E-state index contributed by atoms with van der Waals surface area (Å²) in [5, 5.41) is 5.96. The van der Waals surface area contributed by atoms with Crippen LogP contribution in [0, 0.1) is 0 Å². The van der Waals surface area contributed by atoms with Crippen LogP contribution in [-0.2, 0) is 0 Å². The molecule has 5 heteroatoms. The second kappa shape index (κ2) is 6.14. The Balaban J connectivity index is 1.91. The third kappa shape index (κ3) is 3.29. The second-order valence-corrected chi connectivity index (χ2v) is 4.42. The summed E-state index contributed by atoms with van der Waals surface area (Å²) in [7, 11) is 0. The summed E-state index contributed by atoms with van der Waals surface area (Å²) in [5.74, 6) is 0.421. The first kappa shape index (κ1) is 12.5. The molecule has 18 heavy (non-hydrogen) atoms. The maximum atomic E-state index is 11.6. The Labute approximate surface area is 107 Å². The molecule has 1 aromatic rings. The molecule has 0 unspecified atom stereocenters. The van der Waals surface area contributed by atoms with Gasteiger partial charge in [0.1, 0.15) is 0 Å². The van der Waals surface area contributed by atoms with Gasteiger partial charge >= 0.3 is 0 Å². The van der Waals surface area contributed by atoms with Gasteiger partial charge in [0.2, 0.25) is 5.95 Å². The predicted octanol–water partition coefficient (Wildman–Crippen LogP) is 1.75. The van der Waals surface area contributed by atoms with Crippen molar-refractivity contribution in [2.45, 2.75) is 31.7 Å². The Morgan fingerprint density at radius 1 is 1.39 bits per heavy atom. The van der Waals surface area contributed by atoms with E-state index in [0.29, 0.717) is 24.1 Å². The van der Waals surface area contributed by atoms with E-state index in [0.717, 1.165) is 0 Å². The molecule has 1 aromatic heterocycles. The first-order valence-electron chi connectivity index (χ1n) is 6.27. The molecule has 2 N–H and O–H groups in total. The first-order valence-corrected chi connectivity index (χ1v) is 6.27. The summed E-state index contributed by atoms with van der Waals surface area (Å²) < 4.78 is 0. The third-order valence-corrected chi connectivity index (χ3v) is 3.01. The number of rotatable bonds is 5. The van der Waals surface area contributed by atoms with Crippen molar-refractivity contribution < 1.29 is 4.79 Å². The van der Waals surface area contributed by atoms with Crippen LogP contribution in [0.2, 0.25) is 0 Å². The van der Waals surface area contributed by atoms with Gasteiger partial charge < -0.3 is 10.6 Å². The number of amides is 1. The summed E-state index contributed by atoms with van der Waals surface area (Å²) >= 11 is 0. The average molecular weight is 246 g/mol. The zero-order valence-corrected chi connectivity index (χ0v) is 10.4. The van der Waals surface area contributed by atoms with Gasteiger partial charge in [0, 0.05) is 25.0 Å². The molecular weight excluding hydrogens is 228 g/mol. The minimum Gasteiger partial charge on any atom is -0.351 e. The average Bonchev–Trinajstić information content (AvgIpc) is 2.89. The highest BCUT2D eigenvalue weighted by atomic mass is 16.1. The fraction of sp³-hybridized carbons (Fsp3) is 0.462. The van der Waals surface area contributed by atoms with Crippen LogP contribution in [0.4, 0.5) is 5.95 Å². The zero-order chi connectivity index (χ0) is 12.8. The van der Waals surface area contributed by atoms with E-state index < -0.39 is 0 Å². The van der Waals surface area contributed by atoms with Gasteiger partial charge in [0.25, 0.3) is 5.91 Å². The van der Waals surface area contributed by atoms with Gasteiger partial charge in [-0.1, -0.05) is 18.9 Å². The number of hydrogen-bond donors (Lipinski definition) is 2. The van der Waals surface area contributed by atoms with Crippen LogP contribution in [-0.4, -0.2) is 28.5 Å². The van der Waals surface area contributed by atoms with Crippen molar-refractivity contribution in [2.24, 2.45) is 0 Å². The fourth-order valence-electron chi connectivity index (χ4n) is 2.04. The number of hydrogen-bond acceptors (Lipinski definition) is 4. The lowest BCUT2D eigenvalue weighted by Gasteiger charge is -2.11. The van der Waals surface area contributed by atoms with Crippen LogP contribution in [0.3, 0.4) is 0 Å². The molecular formula is C13H18N4O. The van der Waals surface area contributed by atoms with Crippen molar-refractivity contribution in [1.29, 1.82) is 0 Å². The van der Waals surface area contributed by atoms with Gasteiger partial charge in [0.05, 0.1) is 5.56 Å². The van der Waals surface area contributed by atoms with Crippen LogP contribution in [0.25, 0.3) is 0 Å². The quantitative estimate of drug-likeness (QED) is 0.777. The topological polar surface area (TPSA) is 66.9 Å². The number of carbonyl (C=O) groups is 1. The minimum atomic E-state index is -0.178. The highest BCUT2D eigenvalue weighted by molar-refractivity contribution is 5.93. The first-order chi connectivity index (χ1) is 8.79. The largest absolute Gasteiger partial charge is 0.351 e. The van der Waals surface area contributed by atoms with Gasteiger partial charge in [-0.15, -0.1) is 6.58 Å². The summed E-state index contributed by atoms with van der Waals surface area (Å²) in [4.78, 5) is 19.9. The maximum absolute atomic E-state index is 11.6. The van der Waals surface area contributed by atoms with Gasteiger partial charge in [-0.2, -0.15) is 0 Å². The van der Waals surface area contributed by atoms with Crippen molar-refractivity contribution in [1.82, 2.24) is 15.3 Å². The van der Waals surface area contributed by atoms with Gasteiger partial charge in [0.15, 0.2) is 0 Å². The lowest BCUT2D eigenvalue weighted by atomic mass is 10.2. The normalized spacial score (nSPS) is 15.3. The van der Waals surface area contributed by atoms with Crippen LogP contribution in [0.1, 0.15) is 36.0 Å². The van der Waals surface area contributed by atoms with Crippen LogP contribution >= 0.6 is 0 Å². The standard InChI is InChI=1S/C13H18N4O/c1-2-7-14-12(18)10-8-15-13(16-9-10)17-11-5-3-4-6-11/h2,8-9,11H,1,3-7H2,(H,14,18)(H,15,16,17). The van der Waals surface area contributed by atoms with E-state index in [9.17, 15) is 4.79 Å². The van der Waals surface area contributed by atoms with Crippen molar-refractivity contribution in [3.63, 3.8) is 0 Å². The molecule has 0 aromatic carbocycles. The van der Waals surface area contributed by atoms with Crippen LogP contribution in [0.5, 0.6) is 0 Å². The lowest BCUT2D eigenvalue weighted by molar-refractivity contribution is 0.0957. The Hall–Kier alpha value is -1.91. The van der Waals surface area contributed by atoms with Crippen LogP contribution in [0.15, 0.2) is 25.0 Å². The molecule has 0 atom stereocenters. The molecule has 0 saturated heterocycles. The fourth-order valence-corrected chi connectivity index (χ4v) is 2.04. The van der Waals surface area contributed by atoms with E-state index in [1.54, 1.807) is 18.5 Å². The summed E-state index contributed by atoms with van der Waals surface area (Å²) in [5.41, 5.74) is 0.467. The molecule has 1 aliphatic rings. The summed E-state index contributed by atoms with van der Waals surface area (Å²) in [6, 6.07) is 0.477. The third-order valence-electron chi connectivity index (χ3n) is 3.01. The molecule has 1 saturated carbocycles. The smallest absolute Gasteiger partial charge is 0.254 e. The summed E-state index contributed by atoms with van der Waals surface area (Å²) in [6.45, 7) is 3.99. The van der Waals surface area contributed by atoms with E-state index in [-0.39, 0.29) is 5.91 Å². The SMILES string of the molecule is C=CCNC(=O)c1cnc(NC2CCCC2)nc1. The van der Waals surface area contributed by atoms with Crippen molar-refractivity contribution in [2.75, 3.05) is 11.9 Å². The van der Waals surface area contributed by atoms with Crippen molar-refractivity contribution >= 4 is 11.9 Å². The van der Waals surface area contributed by atoms with E-state index >= 15 is 0 Å². The molecule has 1 amide bonds. The molecule has 1 aliphatic carbocycles. The second-order valence-electron chi connectivity index (χ2n) is 4.42. The monoisotopic (exact) mass is 246 g/mol. The molecule has 1 fully saturated rings. The Bertz CT molecular complexity index is 410. The predicted molar refractivity (Wildman–Crippen MR) is 70.4 cm³/mol. The maximum Gasteiger partial charge on any atom is 0.254 e. The number of carbonyl (C=O) groups excluding carboxylic acids is 1. The van der Waals surface area contributed by atoms with Gasteiger partial charge in [-0.05, 0) is 12.8 Å². The van der Waals surface area contributed by atoms with E-state index in [4.69, 9.17) is 0 Å². The van der Waals surface area contributed by atoms with E-state index in [1.807, 2.05) is 0 Å². The van der Waals surface area contributed by atoms with E-state index in [1.165, 1.54) is 25.7 Å². The number of anilines is 1. The van der Waals surface area contributed by atoms with Crippen molar-refractivity contribution in [3.8, 4) is 0 Å². The number of nitrogens with zero attached hydrogens (tertiary/aromatic N) is 2. The molecule has 0 aliphatic heterocycles. The molecule has 5 nitrogen and oxygen atoms in total. The highest BCUT2D eigenvalue weighted by Gasteiger charge is 2.15. The Morgan fingerprint density at radius 2 is 2.06 bits per heavy atom. The molecule has 96 valence electrons. The molecule has 0 spiro atoms. The summed E-state index contributed by atoms with van der Waals surface area (Å²) in [6.07, 6.45) is 9.59. The molecule has 1 heterocycles. The zero-order valence-electron chi connectivity index (χ0n) is 10.4. The van der Waals surface area contributed by atoms with E-state index in [2.05, 4.69) is 27.2 Å². The Kier molecular flexibility index (Phi) is 4.28. The highest BCUT2D eigenvalue weighted by Crippen LogP contribution is 2.20. The molecule has 2 rings (SSSR count). The van der Waals surface area contributed by atoms with Crippen LogP contribution < -0.4 is 10.6 Å². The lowest BCUT2D eigenvalue weighted by Crippen LogP contribution is -2.24. The van der Waals surface area contributed by atoms with Gasteiger partial charge in [-0.25, -0.2) is 9.97 Å². The molecule has 0 radical (unpaired) electrons. The molecule has 0 bridgehead atoms. The number of aromatic nitrogens is 2. The van der Waals surface area contributed by atoms with Crippen molar-refractivity contribution in [3.05, 3.63) is 30.6 Å². The van der Waals surface area contributed by atoms with Gasteiger partial charge in [-0.3, -0.25) is 4.79 Å². The minimum absolute atomic E-state index is 0.178. The Morgan fingerprint density at radius 3 is 2.67 bits per heavy atom. The number of nitrogens with one attached hydrogen (secondary N) is 2.